The van der Waals surface area contributed by atoms with Crippen LogP contribution >= 0.6 is 12.4 Å². The first-order valence-electron chi connectivity index (χ1n) is 9.04. The number of halogens is 2. The molecule has 0 fully saturated rings. The molecule has 0 aliphatic heterocycles. The number of anilines is 1. The van der Waals surface area contributed by atoms with Gasteiger partial charge in [0.25, 0.3) is 11.8 Å². The van der Waals surface area contributed by atoms with Crippen molar-refractivity contribution in [3.8, 4) is 0 Å². The third-order valence-electron chi connectivity index (χ3n) is 4.88. The van der Waals surface area contributed by atoms with Gasteiger partial charge in [0, 0.05) is 12.1 Å². The molecule has 0 saturated heterocycles. The fraction of sp³-hybridized carbons (Fsp3) is 0.333. The molecule has 28 heavy (non-hydrogen) atoms. The predicted octanol–water partition coefficient (Wildman–Crippen LogP) is 4.06. The summed E-state index contributed by atoms with van der Waals surface area (Å²) in [7, 11) is 0. The lowest BCUT2D eigenvalue weighted by Gasteiger charge is -2.27. The number of carbonyl (C=O) groups excluding carboxylic acids is 2. The Labute approximate surface area is 171 Å². The maximum Gasteiger partial charge on any atom is 0.258 e. The van der Waals surface area contributed by atoms with E-state index in [1.807, 2.05) is 13.8 Å². The average Bonchev–Trinajstić information content (AvgIpc) is 2.67. The van der Waals surface area contributed by atoms with Crippen molar-refractivity contribution < 1.29 is 14.0 Å². The molecule has 0 aliphatic carbocycles. The zero-order chi connectivity index (χ0) is 20.0. The van der Waals surface area contributed by atoms with Crippen molar-refractivity contribution in [3.63, 3.8) is 0 Å². The van der Waals surface area contributed by atoms with Crippen LogP contribution in [0.3, 0.4) is 0 Å². The molecule has 2 aromatic rings. The molecule has 0 bridgehead atoms. The van der Waals surface area contributed by atoms with Crippen molar-refractivity contribution >= 4 is 29.9 Å². The highest BCUT2D eigenvalue weighted by molar-refractivity contribution is 6.09. The summed E-state index contributed by atoms with van der Waals surface area (Å²) in [5.74, 6) is -1.56. The van der Waals surface area contributed by atoms with E-state index in [4.69, 9.17) is 5.73 Å². The second-order valence-electron chi connectivity index (χ2n) is 6.68. The molecule has 0 atom stereocenters. The molecule has 2 aromatic carbocycles. The fourth-order valence-electron chi connectivity index (χ4n) is 2.70. The normalized spacial score (nSPS) is 10.8. The quantitative estimate of drug-likeness (QED) is 0.647. The van der Waals surface area contributed by atoms with E-state index < -0.39 is 17.3 Å². The summed E-state index contributed by atoms with van der Waals surface area (Å²) in [4.78, 5) is 25.2. The van der Waals surface area contributed by atoms with Crippen LogP contribution in [0.25, 0.3) is 0 Å². The highest BCUT2D eigenvalue weighted by Crippen LogP contribution is 2.22. The molecule has 5 nitrogen and oxygen atoms in total. The molecule has 4 N–H and O–H groups in total. The minimum atomic E-state index is -0.617. The lowest BCUT2D eigenvalue weighted by molar-refractivity contribution is 0.0943. The van der Waals surface area contributed by atoms with Gasteiger partial charge in [-0.25, -0.2) is 4.39 Å². The van der Waals surface area contributed by atoms with Gasteiger partial charge in [0.05, 0.1) is 16.8 Å². The van der Waals surface area contributed by atoms with Crippen LogP contribution in [0.5, 0.6) is 0 Å². The van der Waals surface area contributed by atoms with Crippen molar-refractivity contribution in [1.82, 2.24) is 5.32 Å². The smallest absolute Gasteiger partial charge is 0.258 e. The van der Waals surface area contributed by atoms with Crippen LogP contribution in [0.4, 0.5) is 10.1 Å². The fourth-order valence-corrected chi connectivity index (χ4v) is 2.70. The minimum absolute atomic E-state index is 0. The minimum Gasteiger partial charge on any atom is -0.350 e. The number of hydrogen-bond acceptors (Lipinski definition) is 3. The van der Waals surface area contributed by atoms with Gasteiger partial charge in [0.2, 0.25) is 0 Å². The van der Waals surface area contributed by atoms with Crippen molar-refractivity contribution in [1.29, 1.82) is 0 Å². The number of hydrogen-bond donors (Lipinski definition) is 3. The van der Waals surface area contributed by atoms with Gasteiger partial charge in [-0.3, -0.25) is 9.59 Å². The number of nitrogens with one attached hydrogen (secondary N) is 2. The first-order chi connectivity index (χ1) is 12.8. The van der Waals surface area contributed by atoms with Crippen LogP contribution in [-0.4, -0.2) is 23.9 Å². The molecule has 0 radical (unpaired) electrons. The van der Waals surface area contributed by atoms with E-state index >= 15 is 0 Å². The van der Waals surface area contributed by atoms with Crippen LogP contribution in [-0.2, 0) is 0 Å². The number of benzene rings is 2. The van der Waals surface area contributed by atoms with Gasteiger partial charge in [0.1, 0.15) is 5.82 Å². The predicted molar refractivity (Wildman–Crippen MR) is 113 cm³/mol. The van der Waals surface area contributed by atoms with E-state index in [-0.39, 0.29) is 23.9 Å². The molecule has 0 spiro atoms. The standard InChI is InChI=1S/C21H26FN3O2.ClH/c1-4-21(23,5-2)13-24-19(26)16-11-8-9-14(3)18(16)25-20(27)15-10-6-7-12-17(15)22;/h6-12H,4-5,13,23H2,1-3H3,(H,24,26)(H,25,27);1H. The van der Waals surface area contributed by atoms with E-state index in [9.17, 15) is 14.0 Å². The molecular formula is C21H27ClFN3O2. The largest absolute Gasteiger partial charge is 0.350 e. The topological polar surface area (TPSA) is 84.2 Å². The molecule has 0 heterocycles. The number of para-hydroxylation sites is 1. The Kier molecular flexibility index (Phi) is 8.60. The van der Waals surface area contributed by atoms with E-state index in [0.717, 1.165) is 12.8 Å². The van der Waals surface area contributed by atoms with E-state index in [2.05, 4.69) is 10.6 Å². The van der Waals surface area contributed by atoms with Crippen molar-refractivity contribution in [2.75, 3.05) is 11.9 Å². The highest BCUT2D eigenvalue weighted by atomic mass is 35.5. The zero-order valence-corrected chi connectivity index (χ0v) is 17.2. The van der Waals surface area contributed by atoms with Gasteiger partial charge < -0.3 is 16.4 Å². The monoisotopic (exact) mass is 407 g/mol. The van der Waals surface area contributed by atoms with Gasteiger partial charge in [-0.2, -0.15) is 0 Å². The Hall–Kier alpha value is -2.44. The molecule has 7 heteroatoms. The summed E-state index contributed by atoms with van der Waals surface area (Å²) in [6, 6.07) is 10.8. The number of aryl methyl sites for hydroxylation is 1. The maximum absolute atomic E-state index is 13.9. The molecule has 0 aromatic heterocycles. The van der Waals surface area contributed by atoms with Crippen LogP contribution in [0.2, 0.25) is 0 Å². The zero-order valence-electron chi connectivity index (χ0n) is 16.3. The van der Waals surface area contributed by atoms with Crippen LogP contribution < -0.4 is 16.4 Å². The Balaban J connectivity index is 0.00000392. The molecule has 0 saturated carbocycles. The Morgan fingerprint density at radius 3 is 2.21 bits per heavy atom. The number of rotatable bonds is 7. The SMILES string of the molecule is CCC(N)(CC)CNC(=O)c1cccc(C)c1NC(=O)c1ccccc1F.Cl. The van der Waals surface area contributed by atoms with Crippen LogP contribution in [0.1, 0.15) is 53.0 Å². The second-order valence-corrected chi connectivity index (χ2v) is 6.68. The molecule has 0 aliphatic rings. The molecule has 2 rings (SSSR count). The van der Waals surface area contributed by atoms with Crippen molar-refractivity contribution in [2.45, 2.75) is 39.2 Å². The Bertz CT molecular complexity index is 838. The van der Waals surface area contributed by atoms with Crippen molar-refractivity contribution in [3.05, 3.63) is 65.0 Å². The summed E-state index contributed by atoms with van der Waals surface area (Å²) >= 11 is 0. The Morgan fingerprint density at radius 2 is 1.61 bits per heavy atom. The van der Waals surface area contributed by atoms with E-state index in [1.165, 1.54) is 18.2 Å². The summed E-state index contributed by atoms with van der Waals surface area (Å²) < 4.78 is 13.9. The van der Waals surface area contributed by atoms with Gasteiger partial charge >= 0.3 is 0 Å². The van der Waals surface area contributed by atoms with Gasteiger partial charge in [-0.1, -0.05) is 38.1 Å². The Morgan fingerprint density at radius 1 is 1.00 bits per heavy atom. The first kappa shape index (κ1) is 23.6. The summed E-state index contributed by atoms with van der Waals surface area (Å²) in [5, 5.41) is 5.52. The lowest BCUT2D eigenvalue weighted by atomic mass is 9.94. The maximum atomic E-state index is 13.9. The third kappa shape index (κ3) is 5.53. The van der Waals surface area contributed by atoms with Crippen LogP contribution in [0, 0.1) is 12.7 Å². The van der Waals surface area contributed by atoms with Gasteiger partial charge in [-0.15, -0.1) is 12.4 Å². The molecular weight excluding hydrogens is 381 g/mol. The van der Waals surface area contributed by atoms with Gasteiger partial charge in [-0.05, 0) is 43.5 Å². The molecule has 0 unspecified atom stereocenters. The van der Waals surface area contributed by atoms with E-state index in [0.29, 0.717) is 23.4 Å². The lowest BCUT2D eigenvalue weighted by Crippen LogP contribution is -2.49. The number of carbonyl (C=O) groups is 2. The first-order valence-corrected chi connectivity index (χ1v) is 9.04. The average molecular weight is 408 g/mol. The molecule has 2 amide bonds. The van der Waals surface area contributed by atoms with Crippen molar-refractivity contribution in [2.24, 2.45) is 5.73 Å². The number of nitrogens with two attached hydrogens (primary N) is 1. The summed E-state index contributed by atoms with van der Waals surface area (Å²) in [6.07, 6.45) is 1.46. The van der Waals surface area contributed by atoms with E-state index in [1.54, 1.807) is 31.2 Å². The third-order valence-corrected chi connectivity index (χ3v) is 4.88. The molecule has 152 valence electrons. The number of amides is 2. The summed E-state index contributed by atoms with van der Waals surface area (Å²) in [6.45, 7) is 6.05. The highest BCUT2D eigenvalue weighted by Gasteiger charge is 2.23. The van der Waals surface area contributed by atoms with Gasteiger partial charge in [0.15, 0.2) is 0 Å². The summed E-state index contributed by atoms with van der Waals surface area (Å²) in [5.41, 5.74) is 7.06. The van der Waals surface area contributed by atoms with Crippen LogP contribution in [0.15, 0.2) is 42.5 Å². The second kappa shape index (κ2) is 10.2.